The fraction of sp³-hybridized carbons (Fsp3) is 0.316. The van der Waals surface area contributed by atoms with E-state index < -0.39 is 0 Å². The van der Waals surface area contributed by atoms with Crippen molar-refractivity contribution in [3.63, 3.8) is 0 Å². The van der Waals surface area contributed by atoms with Crippen LogP contribution in [0.5, 0.6) is 0 Å². The zero-order chi connectivity index (χ0) is 14.2. The van der Waals surface area contributed by atoms with Crippen LogP contribution in [-0.2, 0) is 12.8 Å². The van der Waals surface area contributed by atoms with Gasteiger partial charge in [-0.05, 0) is 35.6 Å². The lowest BCUT2D eigenvalue weighted by atomic mass is 9.88. The predicted molar refractivity (Wildman–Crippen MR) is 87.1 cm³/mol. The smallest absolute Gasteiger partial charge is 0.105 e. The van der Waals surface area contributed by atoms with Crippen molar-refractivity contribution in [2.75, 3.05) is 6.54 Å². The molecule has 0 bridgehead atoms. The minimum absolute atomic E-state index is 0.442. The highest BCUT2D eigenvalue weighted by Gasteiger charge is 2.31. The Morgan fingerprint density at radius 2 is 1.81 bits per heavy atom. The van der Waals surface area contributed by atoms with Gasteiger partial charge >= 0.3 is 0 Å². The molecule has 0 saturated heterocycles. The number of aliphatic imine (C=N–C) groups is 1. The zero-order valence-electron chi connectivity index (χ0n) is 12.4. The summed E-state index contributed by atoms with van der Waals surface area (Å²) in [6.07, 6.45) is 3.18. The number of hydrogen-bond donors (Lipinski definition) is 0. The zero-order valence-corrected chi connectivity index (χ0v) is 12.4. The average molecular weight is 276 g/mol. The normalized spacial score (nSPS) is 20.0. The molecule has 4 rings (SSSR count). The number of benzene rings is 2. The van der Waals surface area contributed by atoms with E-state index in [1.165, 1.54) is 22.5 Å². The summed E-state index contributed by atoms with van der Waals surface area (Å²) < 4.78 is 0. The average Bonchev–Trinajstić information content (AvgIpc) is 2.71. The summed E-state index contributed by atoms with van der Waals surface area (Å²) in [5.74, 6) is 1.24. The molecule has 0 N–H and O–H groups in total. The van der Waals surface area contributed by atoms with E-state index in [4.69, 9.17) is 4.99 Å². The van der Waals surface area contributed by atoms with Gasteiger partial charge in [-0.15, -0.1) is 0 Å². The van der Waals surface area contributed by atoms with Crippen LogP contribution in [0.1, 0.15) is 36.1 Å². The van der Waals surface area contributed by atoms with Crippen molar-refractivity contribution >= 4 is 11.5 Å². The Kier molecular flexibility index (Phi) is 3.03. The van der Waals surface area contributed by atoms with E-state index in [0.29, 0.717) is 6.04 Å². The predicted octanol–water partition coefficient (Wildman–Crippen LogP) is 4.28. The Bertz CT molecular complexity index is 702. The minimum Gasteiger partial charge on any atom is -0.352 e. The molecule has 106 valence electrons. The third-order valence-corrected chi connectivity index (χ3v) is 4.71. The molecule has 0 spiro atoms. The van der Waals surface area contributed by atoms with Crippen molar-refractivity contribution < 1.29 is 0 Å². The second kappa shape index (κ2) is 5.03. The lowest BCUT2D eigenvalue weighted by Crippen LogP contribution is -2.40. The van der Waals surface area contributed by atoms with Gasteiger partial charge in [-0.2, -0.15) is 0 Å². The second-order valence-electron chi connectivity index (χ2n) is 5.87. The Morgan fingerprint density at radius 1 is 1.05 bits per heavy atom. The Hall–Kier alpha value is -2.09. The molecule has 2 aliphatic heterocycles. The third kappa shape index (κ3) is 2.06. The molecular formula is C19H20N2. The van der Waals surface area contributed by atoms with E-state index in [0.717, 1.165) is 31.5 Å². The van der Waals surface area contributed by atoms with Crippen molar-refractivity contribution in [3.8, 4) is 0 Å². The number of fused-ring (bicyclic) bond motifs is 4. The van der Waals surface area contributed by atoms with Gasteiger partial charge in [0.15, 0.2) is 0 Å². The molecule has 2 nitrogen and oxygen atoms in total. The summed E-state index contributed by atoms with van der Waals surface area (Å²) in [6.45, 7) is 3.30. The molecule has 0 aliphatic carbocycles. The van der Waals surface area contributed by atoms with E-state index in [2.05, 4.69) is 60.4 Å². The molecule has 0 saturated carbocycles. The Labute approximate surface area is 126 Å². The highest BCUT2D eigenvalue weighted by Crippen LogP contribution is 2.38. The maximum absolute atomic E-state index is 4.96. The fourth-order valence-electron chi connectivity index (χ4n) is 3.67. The molecular weight excluding hydrogens is 256 g/mol. The molecule has 0 radical (unpaired) electrons. The van der Waals surface area contributed by atoms with Gasteiger partial charge < -0.3 is 4.90 Å². The first-order valence-corrected chi connectivity index (χ1v) is 7.86. The summed E-state index contributed by atoms with van der Waals surface area (Å²) in [5, 5.41) is 0. The van der Waals surface area contributed by atoms with Crippen LogP contribution in [0.25, 0.3) is 0 Å². The Morgan fingerprint density at radius 3 is 2.67 bits per heavy atom. The molecule has 0 amide bonds. The van der Waals surface area contributed by atoms with Gasteiger partial charge in [0, 0.05) is 13.0 Å². The summed E-state index contributed by atoms with van der Waals surface area (Å²) in [4.78, 5) is 7.49. The summed E-state index contributed by atoms with van der Waals surface area (Å²) >= 11 is 0. The first-order valence-electron chi connectivity index (χ1n) is 7.86. The van der Waals surface area contributed by atoms with Gasteiger partial charge in [-0.3, -0.25) is 0 Å². The number of amidine groups is 1. The molecule has 0 fully saturated rings. The van der Waals surface area contributed by atoms with Crippen LogP contribution in [0.15, 0.2) is 53.5 Å². The quantitative estimate of drug-likeness (QED) is 0.759. The molecule has 2 heteroatoms. The van der Waals surface area contributed by atoms with Crippen LogP contribution in [-0.4, -0.2) is 17.3 Å². The van der Waals surface area contributed by atoms with Crippen molar-refractivity contribution in [3.05, 3.63) is 65.2 Å². The number of para-hydroxylation sites is 1. The van der Waals surface area contributed by atoms with Crippen LogP contribution in [0, 0.1) is 0 Å². The van der Waals surface area contributed by atoms with Crippen LogP contribution in [0.4, 0.5) is 5.69 Å². The minimum atomic E-state index is 0.442. The van der Waals surface area contributed by atoms with Crippen molar-refractivity contribution in [2.24, 2.45) is 4.99 Å². The first-order chi connectivity index (χ1) is 10.4. The lowest BCUT2D eigenvalue weighted by molar-refractivity contribution is 0.295. The fourth-order valence-corrected chi connectivity index (χ4v) is 3.67. The number of rotatable bonds is 1. The van der Waals surface area contributed by atoms with Crippen molar-refractivity contribution in [1.82, 2.24) is 4.90 Å². The molecule has 2 aromatic carbocycles. The van der Waals surface area contributed by atoms with Gasteiger partial charge in [0.2, 0.25) is 0 Å². The number of hydrogen-bond acceptors (Lipinski definition) is 2. The van der Waals surface area contributed by atoms with Crippen LogP contribution < -0.4 is 0 Å². The Balaban J connectivity index is 1.87. The van der Waals surface area contributed by atoms with Gasteiger partial charge in [-0.25, -0.2) is 4.99 Å². The van der Waals surface area contributed by atoms with Crippen molar-refractivity contribution in [2.45, 2.75) is 32.2 Å². The second-order valence-corrected chi connectivity index (χ2v) is 5.87. The summed E-state index contributed by atoms with van der Waals surface area (Å²) in [5.41, 5.74) is 5.52. The molecule has 2 heterocycles. The van der Waals surface area contributed by atoms with Gasteiger partial charge in [-0.1, -0.05) is 49.4 Å². The lowest BCUT2D eigenvalue weighted by Gasteiger charge is -2.38. The van der Waals surface area contributed by atoms with Crippen molar-refractivity contribution in [1.29, 1.82) is 0 Å². The summed E-state index contributed by atoms with van der Waals surface area (Å²) in [6, 6.07) is 18.0. The number of nitrogens with zero attached hydrogens (tertiary/aromatic N) is 2. The van der Waals surface area contributed by atoms with E-state index in [-0.39, 0.29) is 0 Å². The topological polar surface area (TPSA) is 15.6 Å². The van der Waals surface area contributed by atoms with Gasteiger partial charge in [0.1, 0.15) is 5.84 Å². The maximum atomic E-state index is 4.96. The van der Waals surface area contributed by atoms with E-state index in [9.17, 15) is 0 Å². The van der Waals surface area contributed by atoms with Crippen LogP contribution >= 0.6 is 0 Å². The third-order valence-electron chi connectivity index (χ3n) is 4.71. The van der Waals surface area contributed by atoms with Crippen LogP contribution in [0.2, 0.25) is 0 Å². The monoisotopic (exact) mass is 276 g/mol. The molecule has 1 atom stereocenters. The largest absolute Gasteiger partial charge is 0.352 e. The highest BCUT2D eigenvalue weighted by atomic mass is 15.2. The molecule has 0 aromatic heterocycles. The van der Waals surface area contributed by atoms with Crippen LogP contribution in [0.3, 0.4) is 0 Å². The van der Waals surface area contributed by atoms with E-state index >= 15 is 0 Å². The SMILES string of the molecule is CCC1=Nc2ccccc2CC2c3ccccc3CCN12. The standard InChI is InChI=1S/C19H20N2/c1-2-19-20-17-10-6-4-8-15(17)13-18-16-9-5-3-7-14(16)11-12-21(18)19/h3-10,18H,2,11-13H2,1H3. The molecule has 2 aromatic rings. The molecule has 2 aliphatic rings. The molecule has 1 unspecified atom stereocenters. The van der Waals surface area contributed by atoms with E-state index in [1.807, 2.05) is 0 Å². The first kappa shape index (κ1) is 12.6. The molecule has 21 heavy (non-hydrogen) atoms. The van der Waals surface area contributed by atoms with Gasteiger partial charge in [0.25, 0.3) is 0 Å². The highest BCUT2D eigenvalue weighted by molar-refractivity contribution is 5.86. The van der Waals surface area contributed by atoms with E-state index in [1.54, 1.807) is 0 Å². The maximum Gasteiger partial charge on any atom is 0.105 e. The summed E-state index contributed by atoms with van der Waals surface area (Å²) in [7, 11) is 0. The van der Waals surface area contributed by atoms with Gasteiger partial charge in [0.05, 0.1) is 11.7 Å².